The van der Waals surface area contributed by atoms with Crippen molar-refractivity contribution < 1.29 is 14.3 Å². The first-order valence-electron chi connectivity index (χ1n) is 5.91. The van der Waals surface area contributed by atoms with E-state index in [0.717, 1.165) is 0 Å². The molecule has 0 aliphatic rings. The van der Waals surface area contributed by atoms with Crippen LogP contribution in [0, 0.1) is 5.92 Å². The van der Waals surface area contributed by atoms with Gasteiger partial charge in [-0.2, -0.15) is 0 Å². The Labute approximate surface area is 111 Å². The van der Waals surface area contributed by atoms with Crippen molar-refractivity contribution in [1.82, 2.24) is 4.98 Å². The van der Waals surface area contributed by atoms with Crippen LogP contribution in [-0.4, -0.2) is 23.5 Å². The molecule has 1 N–H and O–H groups in total. The van der Waals surface area contributed by atoms with Crippen molar-refractivity contribution in [3.63, 3.8) is 0 Å². The molecule has 0 atom stereocenters. The first kappa shape index (κ1) is 14.6. The van der Waals surface area contributed by atoms with E-state index in [9.17, 15) is 9.59 Å². The number of carbonyl (C=O) groups excluding carboxylic acids is 2. The molecule has 100 valence electrons. The minimum Gasteiger partial charge on any atom is -0.466 e. The summed E-state index contributed by atoms with van der Waals surface area (Å²) in [5.41, 5.74) is 0.623. The molecule has 1 heterocycles. The molecule has 0 radical (unpaired) electrons. The first-order chi connectivity index (χ1) is 8.51. The van der Waals surface area contributed by atoms with Crippen LogP contribution in [0.3, 0.4) is 0 Å². The Morgan fingerprint density at radius 1 is 1.50 bits per heavy atom. The molecule has 0 unspecified atom stereocenters. The predicted molar refractivity (Wildman–Crippen MR) is 70.5 cm³/mol. The molecule has 5 nitrogen and oxygen atoms in total. The minimum absolute atomic E-state index is 0.0537. The topological polar surface area (TPSA) is 68.3 Å². The van der Waals surface area contributed by atoms with Crippen LogP contribution in [0.1, 0.15) is 32.9 Å². The van der Waals surface area contributed by atoms with Gasteiger partial charge in [0.1, 0.15) is 0 Å². The second kappa shape index (κ2) is 7.10. The summed E-state index contributed by atoms with van der Waals surface area (Å²) in [5.74, 6) is -0.0474. The monoisotopic (exact) mass is 270 g/mol. The summed E-state index contributed by atoms with van der Waals surface area (Å²) >= 11 is 1.31. The Hall–Kier alpha value is -1.43. The lowest BCUT2D eigenvalue weighted by atomic mass is 10.1. The van der Waals surface area contributed by atoms with E-state index in [1.807, 2.05) is 13.8 Å². The Morgan fingerprint density at radius 3 is 2.83 bits per heavy atom. The summed E-state index contributed by atoms with van der Waals surface area (Å²) in [6, 6.07) is 0. The highest BCUT2D eigenvalue weighted by Gasteiger charge is 2.11. The third-order valence-electron chi connectivity index (χ3n) is 2.02. The second-order valence-electron chi connectivity index (χ2n) is 4.27. The van der Waals surface area contributed by atoms with Crippen molar-refractivity contribution in [3.05, 3.63) is 11.1 Å². The van der Waals surface area contributed by atoms with Gasteiger partial charge < -0.3 is 10.1 Å². The molecule has 18 heavy (non-hydrogen) atoms. The van der Waals surface area contributed by atoms with Gasteiger partial charge in [-0.1, -0.05) is 13.8 Å². The lowest BCUT2D eigenvalue weighted by Crippen LogP contribution is -2.14. The lowest BCUT2D eigenvalue weighted by molar-refractivity contribution is -0.142. The van der Waals surface area contributed by atoms with Gasteiger partial charge in [0, 0.05) is 11.8 Å². The quantitative estimate of drug-likeness (QED) is 0.805. The molecule has 0 saturated carbocycles. The number of hydrogen-bond acceptors (Lipinski definition) is 5. The molecule has 1 aromatic heterocycles. The third-order valence-corrected chi connectivity index (χ3v) is 2.83. The molecular weight excluding hydrogens is 252 g/mol. The van der Waals surface area contributed by atoms with Gasteiger partial charge in [-0.15, -0.1) is 11.3 Å². The molecule has 1 rings (SSSR count). The zero-order chi connectivity index (χ0) is 13.5. The maximum atomic E-state index is 11.5. The summed E-state index contributed by atoms with van der Waals surface area (Å²) in [4.78, 5) is 26.9. The Morgan fingerprint density at radius 2 is 2.22 bits per heavy atom. The van der Waals surface area contributed by atoms with Gasteiger partial charge in [-0.25, -0.2) is 4.98 Å². The van der Waals surface area contributed by atoms with E-state index in [-0.39, 0.29) is 18.3 Å². The third kappa shape index (κ3) is 5.27. The van der Waals surface area contributed by atoms with Gasteiger partial charge in [0.2, 0.25) is 5.91 Å². The van der Waals surface area contributed by atoms with Crippen LogP contribution in [0.15, 0.2) is 5.38 Å². The average molecular weight is 270 g/mol. The van der Waals surface area contributed by atoms with E-state index in [1.54, 1.807) is 12.3 Å². The molecule has 1 amide bonds. The van der Waals surface area contributed by atoms with Crippen molar-refractivity contribution in [2.24, 2.45) is 5.92 Å². The number of nitrogens with zero attached hydrogens (tertiary/aromatic N) is 1. The minimum atomic E-state index is -0.303. The van der Waals surface area contributed by atoms with Crippen molar-refractivity contribution in [3.8, 4) is 0 Å². The zero-order valence-corrected chi connectivity index (χ0v) is 11.7. The van der Waals surface area contributed by atoms with Crippen molar-refractivity contribution in [1.29, 1.82) is 0 Å². The SMILES string of the molecule is CCOC(=O)Cc1csc(NC(=O)CC(C)C)n1. The van der Waals surface area contributed by atoms with E-state index in [2.05, 4.69) is 10.3 Å². The highest BCUT2D eigenvalue weighted by atomic mass is 32.1. The van der Waals surface area contributed by atoms with Crippen LogP contribution in [0.2, 0.25) is 0 Å². The van der Waals surface area contributed by atoms with Gasteiger partial charge in [0.15, 0.2) is 5.13 Å². The van der Waals surface area contributed by atoms with Crippen LogP contribution >= 0.6 is 11.3 Å². The van der Waals surface area contributed by atoms with Gasteiger partial charge in [0.25, 0.3) is 0 Å². The first-order valence-corrected chi connectivity index (χ1v) is 6.79. The normalized spacial score (nSPS) is 10.4. The Balaban J connectivity index is 2.48. The molecular formula is C12H18N2O3S. The maximum Gasteiger partial charge on any atom is 0.311 e. The molecule has 0 fully saturated rings. The standard InChI is InChI=1S/C12H18N2O3S/c1-4-17-11(16)6-9-7-18-12(13-9)14-10(15)5-8(2)3/h7-8H,4-6H2,1-3H3,(H,13,14,15). The fourth-order valence-corrected chi connectivity index (χ4v) is 2.07. The number of esters is 1. The number of thiazole rings is 1. The van der Waals surface area contributed by atoms with Crippen molar-refractivity contribution in [2.45, 2.75) is 33.6 Å². The number of aromatic nitrogens is 1. The van der Waals surface area contributed by atoms with Crippen molar-refractivity contribution >= 4 is 28.3 Å². The van der Waals surface area contributed by atoms with Crippen LogP contribution in [0.5, 0.6) is 0 Å². The Kier molecular flexibility index (Phi) is 5.77. The average Bonchev–Trinajstić information content (AvgIpc) is 2.64. The van der Waals surface area contributed by atoms with E-state index in [0.29, 0.717) is 29.8 Å². The smallest absolute Gasteiger partial charge is 0.311 e. The largest absolute Gasteiger partial charge is 0.466 e. The molecule has 0 aliphatic carbocycles. The van der Waals surface area contributed by atoms with E-state index in [4.69, 9.17) is 4.74 Å². The molecule has 0 aliphatic heterocycles. The number of ether oxygens (including phenoxy) is 1. The van der Waals surface area contributed by atoms with Gasteiger partial charge in [0.05, 0.1) is 18.7 Å². The highest BCUT2D eigenvalue weighted by Crippen LogP contribution is 2.16. The summed E-state index contributed by atoms with van der Waals surface area (Å²) in [7, 11) is 0. The van der Waals surface area contributed by atoms with Gasteiger partial charge in [-0.3, -0.25) is 9.59 Å². The molecule has 0 bridgehead atoms. The number of carbonyl (C=O) groups is 2. The number of anilines is 1. The zero-order valence-electron chi connectivity index (χ0n) is 10.9. The number of nitrogens with one attached hydrogen (secondary N) is 1. The molecule has 0 spiro atoms. The van der Waals surface area contributed by atoms with Crippen LogP contribution in [-0.2, 0) is 20.7 Å². The second-order valence-corrected chi connectivity index (χ2v) is 5.13. The summed E-state index contributed by atoms with van der Waals surface area (Å²) < 4.78 is 4.83. The molecule has 0 aromatic carbocycles. The van der Waals surface area contributed by atoms with E-state index >= 15 is 0 Å². The molecule has 1 aromatic rings. The van der Waals surface area contributed by atoms with Crippen molar-refractivity contribution in [2.75, 3.05) is 11.9 Å². The molecule has 6 heteroatoms. The molecule has 0 saturated heterocycles. The summed E-state index contributed by atoms with van der Waals surface area (Å²) in [6.45, 7) is 6.08. The van der Waals surface area contributed by atoms with E-state index in [1.165, 1.54) is 11.3 Å². The highest BCUT2D eigenvalue weighted by molar-refractivity contribution is 7.13. The van der Waals surface area contributed by atoms with Gasteiger partial charge >= 0.3 is 5.97 Å². The fourth-order valence-electron chi connectivity index (χ4n) is 1.35. The summed E-state index contributed by atoms with van der Waals surface area (Å²) in [5, 5.41) is 4.99. The van der Waals surface area contributed by atoms with E-state index < -0.39 is 0 Å². The predicted octanol–water partition coefficient (Wildman–Crippen LogP) is 2.23. The van der Waals surface area contributed by atoms with Gasteiger partial charge in [-0.05, 0) is 12.8 Å². The number of amides is 1. The fraction of sp³-hybridized carbons (Fsp3) is 0.583. The number of hydrogen-bond donors (Lipinski definition) is 1. The summed E-state index contributed by atoms with van der Waals surface area (Å²) in [6.07, 6.45) is 0.608. The van der Waals surface area contributed by atoms with Crippen LogP contribution in [0.4, 0.5) is 5.13 Å². The number of rotatable bonds is 6. The van der Waals surface area contributed by atoms with Crippen LogP contribution < -0.4 is 5.32 Å². The van der Waals surface area contributed by atoms with Crippen LogP contribution in [0.25, 0.3) is 0 Å². The maximum absolute atomic E-state index is 11.5. The lowest BCUT2D eigenvalue weighted by Gasteiger charge is -2.03. The Bertz CT molecular complexity index is 415.